The maximum Gasteiger partial charge on any atom is 0.224 e. The Balaban J connectivity index is 1.57. The Hall–Kier alpha value is -1.89. The van der Waals surface area contributed by atoms with Crippen LogP contribution in [0.3, 0.4) is 0 Å². The van der Waals surface area contributed by atoms with Crippen LogP contribution in [0.4, 0.5) is 11.8 Å². The number of carbonyl (C=O) groups is 1. The van der Waals surface area contributed by atoms with Gasteiger partial charge in [0.25, 0.3) is 0 Å². The molecule has 7 nitrogen and oxygen atoms in total. The summed E-state index contributed by atoms with van der Waals surface area (Å²) in [6.07, 6.45) is 4.19. The first-order valence-corrected chi connectivity index (χ1v) is 8.37. The molecule has 3 N–H and O–H groups in total. The van der Waals surface area contributed by atoms with Crippen molar-refractivity contribution in [3.05, 3.63) is 11.8 Å². The van der Waals surface area contributed by atoms with Gasteiger partial charge in [-0.1, -0.05) is 0 Å². The molecular weight excluding hydrogens is 294 g/mol. The smallest absolute Gasteiger partial charge is 0.224 e. The van der Waals surface area contributed by atoms with Gasteiger partial charge in [-0.3, -0.25) is 4.79 Å². The van der Waals surface area contributed by atoms with Gasteiger partial charge < -0.3 is 20.7 Å². The van der Waals surface area contributed by atoms with Crippen LogP contribution >= 0.6 is 0 Å². The predicted octanol–water partition coefficient (Wildman–Crippen LogP) is 0.879. The van der Waals surface area contributed by atoms with Crippen molar-refractivity contribution in [3.8, 4) is 0 Å². The molecule has 2 aliphatic rings. The van der Waals surface area contributed by atoms with Crippen LogP contribution in [0.5, 0.6) is 0 Å². The van der Waals surface area contributed by atoms with Crippen molar-refractivity contribution in [1.29, 1.82) is 0 Å². The number of hydrogen-bond donors (Lipinski definition) is 2. The number of aryl methyl sites for hydroxylation is 1. The maximum atomic E-state index is 12.4. The highest BCUT2D eigenvalue weighted by atomic mass is 16.5. The average Bonchev–Trinajstić information content (AvgIpc) is 3.05. The Morgan fingerprint density at radius 2 is 2.30 bits per heavy atom. The Labute approximate surface area is 136 Å². The van der Waals surface area contributed by atoms with Crippen molar-refractivity contribution in [2.45, 2.75) is 38.7 Å². The zero-order valence-corrected chi connectivity index (χ0v) is 13.6. The molecular formula is C16H25N5O2. The van der Waals surface area contributed by atoms with Crippen molar-refractivity contribution in [3.63, 3.8) is 0 Å². The van der Waals surface area contributed by atoms with Crippen LogP contribution in [-0.4, -0.2) is 48.2 Å². The average molecular weight is 319 g/mol. The fourth-order valence-corrected chi connectivity index (χ4v) is 3.30. The van der Waals surface area contributed by atoms with Gasteiger partial charge in [0.1, 0.15) is 5.82 Å². The van der Waals surface area contributed by atoms with Crippen LogP contribution in [0.15, 0.2) is 6.07 Å². The van der Waals surface area contributed by atoms with Crippen LogP contribution in [0.2, 0.25) is 0 Å². The van der Waals surface area contributed by atoms with Gasteiger partial charge in [-0.25, -0.2) is 4.98 Å². The van der Waals surface area contributed by atoms with Gasteiger partial charge in [-0.15, -0.1) is 0 Å². The molecule has 2 saturated heterocycles. The summed E-state index contributed by atoms with van der Waals surface area (Å²) in [5.41, 5.74) is 6.58. The zero-order chi connectivity index (χ0) is 16.2. The second-order valence-corrected chi connectivity index (χ2v) is 6.39. The number of nitrogens with zero attached hydrogens (tertiary/aromatic N) is 3. The van der Waals surface area contributed by atoms with Crippen molar-refractivity contribution in [1.82, 2.24) is 15.3 Å². The molecule has 1 amide bonds. The summed E-state index contributed by atoms with van der Waals surface area (Å²) < 4.78 is 5.55. The highest BCUT2D eigenvalue weighted by Gasteiger charge is 2.27. The fourth-order valence-electron chi connectivity index (χ4n) is 3.30. The molecule has 1 aromatic rings. The molecule has 2 unspecified atom stereocenters. The summed E-state index contributed by atoms with van der Waals surface area (Å²) in [5, 5.41) is 3.04. The highest BCUT2D eigenvalue weighted by Crippen LogP contribution is 2.23. The minimum atomic E-state index is -0.0124. The number of rotatable bonds is 4. The fraction of sp³-hybridized carbons (Fsp3) is 0.688. The number of amides is 1. The lowest BCUT2D eigenvalue weighted by Gasteiger charge is -2.33. The van der Waals surface area contributed by atoms with Gasteiger partial charge in [-0.2, -0.15) is 4.98 Å². The summed E-state index contributed by atoms with van der Waals surface area (Å²) in [6, 6.07) is 1.92. The first kappa shape index (κ1) is 16.0. The van der Waals surface area contributed by atoms with E-state index in [4.69, 9.17) is 10.5 Å². The third-order valence-corrected chi connectivity index (χ3v) is 4.50. The molecule has 126 valence electrons. The van der Waals surface area contributed by atoms with Gasteiger partial charge >= 0.3 is 0 Å². The highest BCUT2D eigenvalue weighted by molar-refractivity contribution is 5.79. The Kier molecular flexibility index (Phi) is 4.95. The number of aromatic nitrogens is 2. The molecule has 0 aliphatic carbocycles. The van der Waals surface area contributed by atoms with Crippen molar-refractivity contribution < 1.29 is 9.53 Å². The van der Waals surface area contributed by atoms with Crippen LogP contribution in [0.1, 0.15) is 31.4 Å². The Morgan fingerprint density at radius 3 is 3.04 bits per heavy atom. The maximum absolute atomic E-state index is 12.4. The largest absolute Gasteiger partial charge is 0.376 e. The molecule has 3 heterocycles. The number of ether oxygens (including phenoxy) is 1. The summed E-state index contributed by atoms with van der Waals surface area (Å²) >= 11 is 0. The number of carbonyl (C=O) groups excluding carboxylic acids is 1. The minimum Gasteiger partial charge on any atom is -0.376 e. The van der Waals surface area contributed by atoms with Crippen LogP contribution < -0.4 is 16.0 Å². The molecule has 0 bridgehead atoms. The van der Waals surface area contributed by atoms with E-state index in [9.17, 15) is 4.79 Å². The number of nitrogen functional groups attached to an aromatic ring is 1. The van der Waals surface area contributed by atoms with E-state index < -0.39 is 0 Å². The quantitative estimate of drug-likeness (QED) is 0.856. The third kappa shape index (κ3) is 4.10. The van der Waals surface area contributed by atoms with Gasteiger partial charge in [0.05, 0.1) is 12.0 Å². The summed E-state index contributed by atoms with van der Waals surface area (Å²) in [7, 11) is 0. The summed E-state index contributed by atoms with van der Waals surface area (Å²) in [4.78, 5) is 22.9. The van der Waals surface area contributed by atoms with Gasteiger partial charge in [0.15, 0.2) is 0 Å². The molecule has 0 radical (unpaired) electrons. The SMILES string of the molecule is Cc1cc(N2CCCC(C(=O)NCC3CCCO3)C2)nc(N)n1. The first-order chi connectivity index (χ1) is 11.1. The van der Waals surface area contributed by atoms with Crippen LogP contribution in [-0.2, 0) is 9.53 Å². The lowest BCUT2D eigenvalue weighted by Crippen LogP contribution is -2.45. The first-order valence-electron chi connectivity index (χ1n) is 8.37. The molecule has 2 atom stereocenters. The number of hydrogen-bond acceptors (Lipinski definition) is 6. The van der Waals surface area contributed by atoms with E-state index in [2.05, 4.69) is 20.2 Å². The Bertz CT molecular complexity index is 539. The minimum absolute atomic E-state index is 0.0124. The number of nitrogens with two attached hydrogens (primary N) is 1. The van der Waals surface area contributed by atoms with E-state index in [0.717, 1.165) is 50.3 Å². The van der Waals surface area contributed by atoms with E-state index in [1.165, 1.54) is 0 Å². The summed E-state index contributed by atoms with van der Waals surface area (Å²) in [6.45, 7) is 4.90. The molecule has 0 aromatic carbocycles. The van der Waals surface area contributed by atoms with Gasteiger partial charge in [0.2, 0.25) is 11.9 Å². The monoisotopic (exact) mass is 319 g/mol. The van der Waals surface area contributed by atoms with Crippen molar-refractivity contribution in [2.24, 2.45) is 5.92 Å². The molecule has 2 aliphatic heterocycles. The molecule has 0 spiro atoms. The molecule has 0 saturated carbocycles. The van der Waals surface area contributed by atoms with Crippen LogP contribution in [0.25, 0.3) is 0 Å². The van der Waals surface area contributed by atoms with E-state index in [1.807, 2.05) is 13.0 Å². The second-order valence-electron chi connectivity index (χ2n) is 6.39. The summed E-state index contributed by atoms with van der Waals surface area (Å²) in [5.74, 6) is 1.20. The van der Waals surface area contributed by atoms with Crippen LogP contribution in [0, 0.1) is 12.8 Å². The second kappa shape index (κ2) is 7.12. The molecule has 3 rings (SSSR count). The Morgan fingerprint density at radius 1 is 1.43 bits per heavy atom. The number of nitrogens with one attached hydrogen (secondary N) is 1. The van der Waals surface area contributed by atoms with E-state index in [0.29, 0.717) is 13.1 Å². The number of piperidine rings is 1. The van der Waals surface area contributed by atoms with E-state index in [1.54, 1.807) is 0 Å². The molecule has 1 aromatic heterocycles. The third-order valence-electron chi connectivity index (χ3n) is 4.50. The van der Waals surface area contributed by atoms with E-state index in [-0.39, 0.29) is 23.9 Å². The zero-order valence-electron chi connectivity index (χ0n) is 13.6. The standard InChI is InChI=1S/C16H25N5O2/c1-11-8-14(20-16(17)19-11)21-6-2-4-12(10-21)15(22)18-9-13-5-3-7-23-13/h8,12-13H,2-7,9-10H2,1H3,(H,18,22)(H2,17,19,20). The topological polar surface area (TPSA) is 93.4 Å². The predicted molar refractivity (Wildman–Crippen MR) is 88.1 cm³/mol. The number of anilines is 2. The van der Waals surface area contributed by atoms with Crippen molar-refractivity contribution >= 4 is 17.7 Å². The molecule has 23 heavy (non-hydrogen) atoms. The van der Waals surface area contributed by atoms with Gasteiger partial charge in [-0.05, 0) is 32.6 Å². The van der Waals surface area contributed by atoms with Gasteiger partial charge in [0, 0.05) is 38.0 Å². The van der Waals surface area contributed by atoms with E-state index >= 15 is 0 Å². The lowest BCUT2D eigenvalue weighted by molar-refractivity contribution is -0.125. The van der Waals surface area contributed by atoms with Crippen molar-refractivity contribution in [2.75, 3.05) is 36.9 Å². The lowest BCUT2D eigenvalue weighted by atomic mass is 9.97. The molecule has 7 heteroatoms. The normalized spacial score (nSPS) is 24.7. The molecule has 2 fully saturated rings.